The molecule has 0 spiro atoms. The monoisotopic (exact) mass is 337 g/mol. The van der Waals surface area contributed by atoms with E-state index in [0.717, 1.165) is 5.56 Å². The van der Waals surface area contributed by atoms with Crippen molar-refractivity contribution in [1.82, 2.24) is 15.5 Å². The smallest absolute Gasteiger partial charge is 0.258 e. The third-order valence-corrected chi connectivity index (χ3v) is 3.59. The number of nitrogens with one attached hydrogen (secondary N) is 1. The van der Waals surface area contributed by atoms with Gasteiger partial charge >= 0.3 is 0 Å². The summed E-state index contributed by atoms with van der Waals surface area (Å²) in [5.41, 5.74) is 1.73. The fourth-order valence-electron chi connectivity index (χ4n) is 2.28. The zero-order valence-corrected chi connectivity index (χ0v) is 13.9. The van der Waals surface area contributed by atoms with Gasteiger partial charge in [0.25, 0.3) is 5.91 Å². The van der Waals surface area contributed by atoms with Gasteiger partial charge in [-0.05, 0) is 17.7 Å². The highest BCUT2D eigenvalue weighted by Crippen LogP contribution is 2.27. The van der Waals surface area contributed by atoms with Gasteiger partial charge in [0.2, 0.25) is 11.7 Å². The van der Waals surface area contributed by atoms with Crippen LogP contribution in [0.3, 0.4) is 0 Å². The summed E-state index contributed by atoms with van der Waals surface area (Å²) in [4.78, 5) is 16.3. The number of para-hydroxylation sites is 1. The second-order valence-corrected chi connectivity index (χ2v) is 5.41. The van der Waals surface area contributed by atoms with Gasteiger partial charge in [-0.15, -0.1) is 0 Å². The molecule has 0 saturated carbocycles. The van der Waals surface area contributed by atoms with Crippen molar-refractivity contribution >= 4 is 5.91 Å². The van der Waals surface area contributed by atoms with Crippen molar-refractivity contribution in [3.8, 4) is 17.1 Å². The van der Waals surface area contributed by atoms with E-state index in [0.29, 0.717) is 36.0 Å². The molecule has 0 atom stereocenters. The van der Waals surface area contributed by atoms with Crippen molar-refractivity contribution < 1.29 is 14.1 Å². The van der Waals surface area contributed by atoms with Crippen LogP contribution < -0.4 is 10.1 Å². The highest BCUT2D eigenvalue weighted by molar-refractivity contribution is 5.78. The molecule has 0 aliphatic rings. The SMILES string of the molecule is CCc1nc(-c2ccccc2OCC(=O)NCc2ccccc2)no1. The Morgan fingerprint density at radius 3 is 2.64 bits per heavy atom. The number of carbonyl (C=O) groups excluding carboxylic acids is 1. The van der Waals surface area contributed by atoms with E-state index in [-0.39, 0.29) is 12.5 Å². The minimum Gasteiger partial charge on any atom is -0.483 e. The number of carbonyl (C=O) groups is 1. The van der Waals surface area contributed by atoms with Crippen LogP contribution in [-0.2, 0) is 17.8 Å². The zero-order chi connectivity index (χ0) is 17.5. The zero-order valence-electron chi connectivity index (χ0n) is 13.9. The van der Waals surface area contributed by atoms with Crippen LogP contribution in [0.15, 0.2) is 59.1 Å². The van der Waals surface area contributed by atoms with Crippen molar-refractivity contribution in [2.24, 2.45) is 0 Å². The minimum absolute atomic E-state index is 0.0810. The summed E-state index contributed by atoms with van der Waals surface area (Å²) in [6.07, 6.45) is 0.665. The van der Waals surface area contributed by atoms with E-state index < -0.39 is 0 Å². The maximum Gasteiger partial charge on any atom is 0.258 e. The first kappa shape index (κ1) is 16.7. The van der Waals surface area contributed by atoms with Gasteiger partial charge in [-0.25, -0.2) is 0 Å². The molecule has 3 aromatic rings. The molecule has 1 heterocycles. The number of aromatic nitrogens is 2. The standard InChI is InChI=1S/C19H19N3O3/c1-2-18-21-19(22-25-18)15-10-6-7-11-16(15)24-13-17(23)20-12-14-8-4-3-5-9-14/h3-11H,2,12-13H2,1H3,(H,20,23). The summed E-state index contributed by atoms with van der Waals surface area (Å²) in [7, 11) is 0. The lowest BCUT2D eigenvalue weighted by Crippen LogP contribution is -2.28. The van der Waals surface area contributed by atoms with Gasteiger partial charge in [-0.1, -0.05) is 54.5 Å². The highest BCUT2D eigenvalue weighted by Gasteiger charge is 2.13. The molecule has 2 aromatic carbocycles. The van der Waals surface area contributed by atoms with Crippen molar-refractivity contribution in [3.63, 3.8) is 0 Å². The van der Waals surface area contributed by atoms with Gasteiger partial charge < -0.3 is 14.6 Å². The quantitative estimate of drug-likeness (QED) is 0.717. The molecule has 25 heavy (non-hydrogen) atoms. The number of nitrogens with zero attached hydrogens (tertiary/aromatic N) is 2. The first-order valence-corrected chi connectivity index (χ1v) is 8.11. The van der Waals surface area contributed by atoms with Crippen LogP contribution in [0.2, 0.25) is 0 Å². The van der Waals surface area contributed by atoms with Crippen molar-refractivity contribution in [2.75, 3.05) is 6.61 Å². The van der Waals surface area contributed by atoms with E-state index in [1.54, 1.807) is 6.07 Å². The van der Waals surface area contributed by atoms with Crippen molar-refractivity contribution in [3.05, 3.63) is 66.1 Å². The Morgan fingerprint density at radius 1 is 1.12 bits per heavy atom. The summed E-state index contributed by atoms with van der Waals surface area (Å²) in [5.74, 6) is 1.37. The largest absolute Gasteiger partial charge is 0.483 e. The maximum absolute atomic E-state index is 12.0. The lowest BCUT2D eigenvalue weighted by Gasteiger charge is -2.10. The van der Waals surface area contributed by atoms with E-state index >= 15 is 0 Å². The molecule has 6 nitrogen and oxygen atoms in total. The number of rotatable bonds is 7. The van der Waals surface area contributed by atoms with E-state index in [1.807, 2.05) is 55.5 Å². The Balaban J connectivity index is 1.60. The Kier molecular flexibility index (Phi) is 5.41. The number of benzene rings is 2. The van der Waals surface area contributed by atoms with Gasteiger partial charge in [0.15, 0.2) is 6.61 Å². The number of hydrogen-bond donors (Lipinski definition) is 1. The Labute approximate surface area is 145 Å². The molecule has 1 N–H and O–H groups in total. The summed E-state index contributed by atoms with van der Waals surface area (Å²) in [5, 5.41) is 6.78. The number of hydrogen-bond acceptors (Lipinski definition) is 5. The van der Waals surface area contributed by atoms with E-state index in [2.05, 4.69) is 15.5 Å². The Bertz CT molecular complexity index is 831. The normalized spacial score (nSPS) is 10.4. The van der Waals surface area contributed by atoms with Gasteiger partial charge in [-0.2, -0.15) is 4.98 Å². The molecule has 0 unspecified atom stereocenters. The predicted octanol–water partition coefficient (Wildman–Crippen LogP) is 2.99. The van der Waals surface area contributed by atoms with Crippen molar-refractivity contribution in [1.29, 1.82) is 0 Å². The average molecular weight is 337 g/mol. The topological polar surface area (TPSA) is 77.2 Å². The fraction of sp³-hybridized carbons (Fsp3) is 0.211. The highest BCUT2D eigenvalue weighted by atomic mass is 16.5. The summed E-state index contributed by atoms with van der Waals surface area (Å²) in [6.45, 7) is 2.33. The van der Waals surface area contributed by atoms with Crippen LogP contribution in [0.5, 0.6) is 5.75 Å². The number of amides is 1. The van der Waals surface area contributed by atoms with Gasteiger partial charge in [0.05, 0.1) is 5.56 Å². The second kappa shape index (κ2) is 8.10. The van der Waals surface area contributed by atoms with Crippen LogP contribution in [0.25, 0.3) is 11.4 Å². The van der Waals surface area contributed by atoms with Crippen LogP contribution in [0.1, 0.15) is 18.4 Å². The van der Waals surface area contributed by atoms with Gasteiger partial charge in [0, 0.05) is 13.0 Å². The molecule has 0 fully saturated rings. The third kappa shape index (κ3) is 4.44. The second-order valence-electron chi connectivity index (χ2n) is 5.41. The maximum atomic E-state index is 12.0. The molecule has 0 saturated heterocycles. The van der Waals surface area contributed by atoms with Crippen LogP contribution in [0.4, 0.5) is 0 Å². The number of ether oxygens (including phenoxy) is 1. The van der Waals surface area contributed by atoms with Crippen LogP contribution >= 0.6 is 0 Å². The number of aryl methyl sites for hydroxylation is 1. The molecule has 3 rings (SSSR count). The molecule has 0 aliphatic carbocycles. The lowest BCUT2D eigenvalue weighted by molar-refractivity contribution is -0.123. The molecule has 6 heteroatoms. The molecular formula is C19H19N3O3. The minimum atomic E-state index is -0.194. The molecule has 1 amide bonds. The predicted molar refractivity (Wildman–Crippen MR) is 92.9 cm³/mol. The van der Waals surface area contributed by atoms with Gasteiger partial charge in [-0.3, -0.25) is 4.79 Å². The average Bonchev–Trinajstić information content (AvgIpc) is 3.15. The van der Waals surface area contributed by atoms with Crippen LogP contribution in [-0.4, -0.2) is 22.7 Å². The lowest BCUT2D eigenvalue weighted by atomic mass is 10.2. The van der Waals surface area contributed by atoms with Gasteiger partial charge in [0.1, 0.15) is 5.75 Å². The first-order chi connectivity index (χ1) is 12.3. The van der Waals surface area contributed by atoms with Crippen LogP contribution in [0, 0.1) is 0 Å². The molecule has 1 aromatic heterocycles. The van der Waals surface area contributed by atoms with E-state index in [1.165, 1.54) is 0 Å². The summed E-state index contributed by atoms with van der Waals surface area (Å²) in [6, 6.07) is 17.0. The third-order valence-electron chi connectivity index (χ3n) is 3.59. The summed E-state index contributed by atoms with van der Waals surface area (Å²) < 4.78 is 10.8. The fourth-order valence-corrected chi connectivity index (χ4v) is 2.28. The molecular weight excluding hydrogens is 318 g/mol. The molecule has 0 radical (unpaired) electrons. The molecule has 128 valence electrons. The van der Waals surface area contributed by atoms with Crippen molar-refractivity contribution in [2.45, 2.75) is 19.9 Å². The first-order valence-electron chi connectivity index (χ1n) is 8.11. The Morgan fingerprint density at radius 2 is 1.88 bits per heavy atom. The summed E-state index contributed by atoms with van der Waals surface area (Å²) >= 11 is 0. The molecule has 0 bridgehead atoms. The molecule has 0 aliphatic heterocycles. The van der Waals surface area contributed by atoms with E-state index in [9.17, 15) is 4.79 Å². The van der Waals surface area contributed by atoms with E-state index in [4.69, 9.17) is 9.26 Å². The Hall–Kier alpha value is -3.15.